The number of carbonyl (C=O) groups is 1. The number of anilines is 1. The Morgan fingerprint density at radius 2 is 2.11 bits per heavy atom. The quantitative estimate of drug-likeness (QED) is 0.722. The van der Waals surface area contributed by atoms with E-state index in [9.17, 15) is 4.79 Å². The number of hydrogen-bond acceptors (Lipinski definition) is 4. The van der Waals surface area contributed by atoms with Crippen molar-refractivity contribution in [2.75, 3.05) is 18.4 Å². The number of aromatic nitrogens is 1. The first-order valence-corrected chi connectivity index (χ1v) is 6.33. The Morgan fingerprint density at radius 3 is 2.72 bits per heavy atom. The minimum absolute atomic E-state index is 0.411. The Bertz CT molecular complexity index is 504. The second kappa shape index (κ2) is 3.95. The van der Waals surface area contributed by atoms with Crippen LogP contribution in [0.1, 0.15) is 21.7 Å². The van der Waals surface area contributed by atoms with Gasteiger partial charge < -0.3 is 16.4 Å². The predicted octanol–water partition coefficient (Wildman–Crippen LogP) is 0.427. The molecule has 18 heavy (non-hydrogen) atoms. The van der Waals surface area contributed by atoms with Gasteiger partial charge in [0.1, 0.15) is 0 Å². The van der Waals surface area contributed by atoms with Crippen LogP contribution in [0.4, 0.5) is 5.69 Å². The van der Waals surface area contributed by atoms with Gasteiger partial charge in [-0.05, 0) is 31.7 Å². The summed E-state index contributed by atoms with van der Waals surface area (Å²) in [4.78, 5) is 15.8. The Labute approximate surface area is 106 Å². The second-order valence-corrected chi connectivity index (χ2v) is 5.29. The molecule has 0 radical (unpaired) electrons. The lowest BCUT2D eigenvalue weighted by atomic mass is 10.1. The van der Waals surface area contributed by atoms with Crippen molar-refractivity contribution >= 4 is 11.6 Å². The molecule has 5 nitrogen and oxygen atoms in total. The zero-order chi connectivity index (χ0) is 12.9. The molecule has 1 aromatic rings. The molecule has 96 valence electrons. The molecule has 1 aliphatic carbocycles. The highest BCUT2D eigenvalue weighted by Crippen LogP contribution is 2.44. The molecule has 0 spiro atoms. The lowest BCUT2D eigenvalue weighted by Gasteiger charge is -2.14. The lowest BCUT2D eigenvalue weighted by molar-refractivity contribution is 0.1000. The second-order valence-electron chi connectivity index (χ2n) is 5.29. The topological polar surface area (TPSA) is 80.0 Å². The Balaban J connectivity index is 1.88. The maximum Gasteiger partial charge on any atom is 0.252 e. The van der Waals surface area contributed by atoms with Crippen LogP contribution >= 0.6 is 0 Å². The standard InChI is InChI=1S/C13H18N4O/c1-6-3-10(11(13(14)18)7(2)16-6)17-12-8-4-15-5-9(8)12/h3,8-9,12,15H,4-5H2,1-2H3,(H2,14,18)(H,16,17). The fraction of sp³-hybridized carbons (Fsp3) is 0.538. The zero-order valence-electron chi connectivity index (χ0n) is 10.7. The van der Waals surface area contributed by atoms with E-state index in [-0.39, 0.29) is 0 Å². The number of nitrogens with two attached hydrogens (primary N) is 1. The van der Waals surface area contributed by atoms with E-state index in [0.29, 0.717) is 29.1 Å². The van der Waals surface area contributed by atoms with E-state index in [1.807, 2.05) is 19.9 Å². The number of nitrogens with zero attached hydrogens (tertiary/aromatic N) is 1. The van der Waals surface area contributed by atoms with Gasteiger partial charge in [-0.2, -0.15) is 0 Å². The summed E-state index contributed by atoms with van der Waals surface area (Å²) < 4.78 is 0. The number of amides is 1. The third kappa shape index (κ3) is 1.75. The summed E-state index contributed by atoms with van der Waals surface area (Å²) in [5, 5.41) is 6.82. The molecular weight excluding hydrogens is 228 g/mol. The van der Waals surface area contributed by atoms with Gasteiger partial charge in [0.2, 0.25) is 0 Å². The molecule has 2 unspecified atom stereocenters. The van der Waals surface area contributed by atoms with Gasteiger partial charge in [-0.1, -0.05) is 0 Å². The van der Waals surface area contributed by atoms with Gasteiger partial charge in [0.05, 0.1) is 16.9 Å². The van der Waals surface area contributed by atoms with Crippen LogP contribution in [0.3, 0.4) is 0 Å². The monoisotopic (exact) mass is 246 g/mol. The first-order valence-electron chi connectivity index (χ1n) is 6.33. The third-order valence-electron chi connectivity index (χ3n) is 3.99. The van der Waals surface area contributed by atoms with E-state index < -0.39 is 5.91 Å². The fourth-order valence-corrected chi connectivity index (χ4v) is 3.07. The molecule has 0 aromatic carbocycles. The number of fused-ring (bicyclic) bond motifs is 1. The van der Waals surface area contributed by atoms with E-state index in [1.54, 1.807) is 0 Å². The van der Waals surface area contributed by atoms with Gasteiger partial charge in [0, 0.05) is 24.8 Å². The van der Waals surface area contributed by atoms with Gasteiger partial charge in [-0.15, -0.1) is 0 Å². The maximum atomic E-state index is 11.5. The van der Waals surface area contributed by atoms with Crippen molar-refractivity contribution in [2.24, 2.45) is 17.6 Å². The van der Waals surface area contributed by atoms with Crippen molar-refractivity contribution in [1.29, 1.82) is 0 Å². The number of carbonyl (C=O) groups excluding carboxylic acids is 1. The van der Waals surface area contributed by atoms with Crippen molar-refractivity contribution in [3.05, 3.63) is 23.0 Å². The Morgan fingerprint density at radius 1 is 1.44 bits per heavy atom. The normalized spacial score (nSPS) is 28.9. The van der Waals surface area contributed by atoms with Crippen molar-refractivity contribution < 1.29 is 4.79 Å². The van der Waals surface area contributed by atoms with Crippen LogP contribution in [0.25, 0.3) is 0 Å². The Hall–Kier alpha value is -1.62. The maximum absolute atomic E-state index is 11.5. The fourth-order valence-electron chi connectivity index (χ4n) is 3.07. The van der Waals surface area contributed by atoms with Gasteiger partial charge in [0.25, 0.3) is 5.91 Å². The van der Waals surface area contributed by atoms with Gasteiger partial charge in [0.15, 0.2) is 0 Å². The molecular formula is C13H18N4O. The van der Waals surface area contributed by atoms with Crippen molar-refractivity contribution in [1.82, 2.24) is 10.3 Å². The molecule has 3 rings (SSSR count). The van der Waals surface area contributed by atoms with Gasteiger partial charge in [-0.3, -0.25) is 9.78 Å². The average Bonchev–Trinajstić information content (AvgIpc) is 2.72. The first-order chi connectivity index (χ1) is 8.58. The highest BCUT2D eigenvalue weighted by Gasteiger charge is 2.53. The molecule has 2 atom stereocenters. The SMILES string of the molecule is Cc1cc(NC2C3CNCC32)c(C(N)=O)c(C)n1. The molecule has 4 N–H and O–H groups in total. The van der Waals surface area contributed by atoms with Gasteiger partial charge >= 0.3 is 0 Å². The number of piperidine rings is 1. The smallest absolute Gasteiger partial charge is 0.252 e. The minimum atomic E-state index is -0.411. The van der Waals surface area contributed by atoms with Crippen LogP contribution in [-0.2, 0) is 0 Å². The molecule has 2 aliphatic rings. The zero-order valence-corrected chi connectivity index (χ0v) is 10.7. The number of pyridine rings is 1. The molecule has 2 heterocycles. The van der Waals surface area contributed by atoms with Crippen LogP contribution in [0.2, 0.25) is 0 Å². The predicted molar refractivity (Wildman–Crippen MR) is 69.5 cm³/mol. The number of hydrogen-bond donors (Lipinski definition) is 3. The van der Waals surface area contributed by atoms with E-state index in [2.05, 4.69) is 15.6 Å². The number of primary amides is 1. The molecule has 2 fully saturated rings. The highest BCUT2D eigenvalue weighted by atomic mass is 16.1. The molecule has 1 amide bonds. The van der Waals surface area contributed by atoms with Crippen molar-refractivity contribution in [3.8, 4) is 0 Å². The molecule has 1 saturated heterocycles. The molecule has 1 aliphatic heterocycles. The Kier molecular flexibility index (Phi) is 2.52. The number of rotatable bonds is 3. The van der Waals surface area contributed by atoms with Crippen LogP contribution in [0.15, 0.2) is 6.07 Å². The summed E-state index contributed by atoms with van der Waals surface area (Å²) in [6.07, 6.45) is 0. The van der Waals surface area contributed by atoms with Crippen LogP contribution in [-0.4, -0.2) is 30.0 Å². The van der Waals surface area contributed by atoms with Crippen molar-refractivity contribution in [2.45, 2.75) is 19.9 Å². The largest absolute Gasteiger partial charge is 0.381 e. The summed E-state index contributed by atoms with van der Waals surface area (Å²) in [5.41, 5.74) is 8.42. The number of aryl methyl sites for hydroxylation is 2. The minimum Gasteiger partial charge on any atom is -0.381 e. The number of nitrogens with one attached hydrogen (secondary N) is 2. The molecule has 0 bridgehead atoms. The molecule has 5 heteroatoms. The van der Waals surface area contributed by atoms with E-state index in [4.69, 9.17) is 5.73 Å². The van der Waals surface area contributed by atoms with Crippen LogP contribution < -0.4 is 16.4 Å². The van der Waals surface area contributed by atoms with E-state index >= 15 is 0 Å². The highest BCUT2D eigenvalue weighted by molar-refractivity contribution is 5.99. The summed E-state index contributed by atoms with van der Waals surface area (Å²) >= 11 is 0. The molecule has 1 saturated carbocycles. The van der Waals surface area contributed by atoms with Crippen molar-refractivity contribution in [3.63, 3.8) is 0 Å². The summed E-state index contributed by atoms with van der Waals surface area (Å²) in [6, 6.07) is 2.39. The van der Waals surface area contributed by atoms with Crippen LogP contribution in [0.5, 0.6) is 0 Å². The average molecular weight is 246 g/mol. The first kappa shape index (κ1) is 11.5. The third-order valence-corrected chi connectivity index (χ3v) is 3.99. The molecule has 1 aromatic heterocycles. The van der Waals surface area contributed by atoms with E-state index in [0.717, 1.165) is 24.5 Å². The van der Waals surface area contributed by atoms with Crippen LogP contribution in [0, 0.1) is 25.7 Å². The van der Waals surface area contributed by atoms with Gasteiger partial charge in [-0.25, -0.2) is 0 Å². The lowest BCUT2D eigenvalue weighted by Crippen LogP contribution is -2.24. The summed E-state index contributed by atoms with van der Waals surface area (Å²) in [5.74, 6) is 0.977. The van der Waals surface area contributed by atoms with E-state index in [1.165, 1.54) is 0 Å². The summed E-state index contributed by atoms with van der Waals surface area (Å²) in [6.45, 7) is 5.89. The summed E-state index contributed by atoms with van der Waals surface area (Å²) in [7, 11) is 0.